The van der Waals surface area contributed by atoms with Gasteiger partial charge in [-0.15, -0.1) is 0 Å². The molecule has 0 aliphatic heterocycles. The number of nitrogens with zero attached hydrogens (tertiary/aromatic N) is 1. The molecule has 0 unspecified atom stereocenters. The number of nitro groups is 1. The lowest BCUT2D eigenvalue weighted by Gasteiger charge is -2.26. The Hall–Kier alpha value is -1.89. The molecule has 0 atom stereocenters. The second-order valence-electron chi connectivity index (χ2n) is 5.08. The van der Waals surface area contributed by atoms with Crippen LogP contribution in [0.5, 0.6) is 0 Å². The third-order valence-corrected chi connectivity index (χ3v) is 3.75. The number of aromatic amines is 1. The Morgan fingerprint density at radius 1 is 1.53 bits per heavy atom. The second kappa shape index (κ2) is 5.40. The summed E-state index contributed by atoms with van der Waals surface area (Å²) in [6.45, 7) is 0.452. The molecule has 19 heavy (non-hydrogen) atoms. The summed E-state index contributed by atoms with van der Waals surface area (Å²) in [5, 5.41) is 22.7. The first-order chi connectivity index (χ1) is 9.06. The van der Waals surface area contributed by atoms with Crippen molar-refractivity contribution < 1.29 is 14.8 Å². The summed E-state index contributed by atoms with van der Waals surface area (Å²) >= 11 is 0. The number of amides is 1. The molecule has 1 fully saturated rings. The highest BCUT2D eigenvalue weighted by Gasteiger charge is 2.33. The molecule has 0 bridgehead atoms. The minimum Gasteiger partial charge on any atom is -0.396 e. The van der Waals surface area contributed by atoms with E-state index in [9.17, 15) is 20.0 Å². The summed E-state index contributed by atoms with van der Waals surface area (Å²) < 4.78 is 0. The minimum atomic E-state index is -0.556. The van der Waals surface area contributed by atoms with Crippen molar-refractivity contribution in [2.75, 3.05) is 13.2 Å². The number of aliphatic hydroxyl groups is 1. The second-order valence-corrected chi connectivity index (χ2v) is 5.08. The number of carbonyl (C=O) groups excluding carboxylic acids is 1. The highest BCUT2D eigenvalue weighted by molar-refractivity contribution is 5.93. The third-order valence-electron chi connectivity index (χ3n) is 3.75. The topological polar surface area (TPSA) is 108 Å². The van der Waals surface area contributed by atoms with Gasteiger partial charge >= 0.3 is 0 Å². The first-order valence-corrected chi connectivity index (χ1v) is 6.28. The lowest BCUT2D eigenvalue weighted by Crippen LogP contribution is -2.38. The van der Waals surface area contributed by atoms with Crippen LogP contribution in [0.4, 0.5) is 5.69 Å². The standard InChI is InChI=1S/C12H17N3O4/c16-8-12(3-1-2-4-12)7-14-11(17)10-5-9(6-13-10)15(18)19/h5-6,13,16H,1-4,7-8H2,(H,14,17). The van der Waals surface area contributed by atoms with Gasteiger partial charge in [-0.2, -0.15) is 0 Å². The molecule has 1 aliphatic rings. The van der Waals surface area contributed by atoms with Crippen LogP contribution in [0.15, 0.2) is 12.3 Å². The van der Waals surface area contributed by atoms with Gasteiger partial charge in [-0.3, -0.25) is 14.9 Å². The van der Waals surface area contributed by atoms with E-state index in [-0.39, 0.29) is 29.3 Å². The Bertz CT molecular complexity index is 477. The molecule has 104 valence electrons. The molecule has 0 spiro atoms. The summed E-state index contributed by atoms with van der Waals surface area (Å²) in [5.74, 6) is -0.382. The number of H-pyrrole nitrogens is 1. The fraction of sp³-hybridized carbons (Fsp3) is 0.583. The molecule has 0 aromatic carbocycles. The number of aliphatic hydroxyl groups excluding tert-OH is 1. The van der Waals surface area contributed by atoms with Crippen LogP contribution in [0.3, 0.4) is 0 Å². The van der Waals surface area contributed by atoms with Crippen LogP contribution in [-0.4, -0.2) is 34.1 Å². The van der Waals surface area contributed by atoms with Gasteiger partial charge in [-0.05, 0) is 12.8 Å². The number of carbonyl (C=O) groups is 1. The number of hydrogen-bond acceptors (Lipinski definition) is 4. The first-order valence-electron chi connectivity index (χ1n) is 6.28. The fourth-order valence-electron chi connectivity index (χ4n) is 2.50. The predicted molar refractivity (Wildman–Crippen MR) is 67.8 cm³/mol. The monoisotopic (exact) mass is 267 g/mol. The lowest BCUT2D eigenvalue weighted by molar-refractivity contribution is -0.384. The highest BCUT2D eigenvalue weighted by Crippen LogP contribution is 2.36. The van der Waals surface area contributed by atoms with E-state index in [1.165, 1.54) is 12.3 Å². The van der Waals surface area contributed by atoms with Crippen LogP contribution < -0.4 is 5.32 Å². The molecular weight excluding hydrogens is 250 g/mol. The number of nitrogens with one attached hydrogen (secondary N) is 2. The van der Waals surface area contributed by atoms with E-state index in [4.69, 9.17) is 0 Å². The van der Waals surface area contributed by atoms with Gasteiger partial charge in [0, 0.05) is 18.0 Å². The maximum Gasteiger partial charge on any atom is 0.287 e. The fourth-order valence-corrected chi connectivity index (χ4v) is 2.50. The largest absolute Gasteiger partial charge is 0.396 e. The molecule has 1 heterocycles. The molecule has 7 nitrogen and oxygen atoms in total. The highest BCUT2D eigenvalue weighted by atomic mass is 16.6. The van der Waals surface area contributed by atoms with Crippen molar-refractivity contribution in [1.29, 1.82) is 0 Å². The molecule has 1 aliphatic carbocycles. The van der Waals surface area contributed by atoms with Crippen LogP contribution in [0.1, 0.15) is 36.2 Å². The average Bonchev–Trinajstić information content (AvgIpc) is 3.06. The van der Waals surface area contributed by atoms with Crippen LogP contribution in [0.2, 0.25) is 0 Å². The number of hydrogen-bond donors (Lipinski definition) is 3. The Balaban J connectivity index is 1.95. The molecule has 3 N–H and O–H groups in total. The van der Waals surface area contributed by atoms with Gasteiger partial charge in [0.15, 0.2) is 0 Å². The zero-order valence-corrected chi connectivity index (χ0v) is 10.5. The van der Waals surface area contributed by atoms with E-state index >= 15 is 0 Å². The average molecular weight is 267 g/mol. The number of aromatic nitrogens is 1. The smallest absolute Gasteiger partial charge is 0.287 e. The van der Waals surface area contributed by atoms with Crippen molar-refractivity contribution in [2.45, 2.75) is 25.7 Å². The van der Waals surface area contributed by atoms with E-state index < -0.39 is 4.92 Å². The summed E-state index contributed by atoms with van der Waals surface area (Å²) in [4.78, 5) is 24.4. The Morgan fingerprint density at radius 3 is 2.74 bits per heavy atom. The van der Waals surface area contributed by atoms with Gasteiger partial charge in [0.2, 0.25) is 0 Å². The van der Waals surface area contributed by atoms with Crippen molar-refractivity contribution >= 4 is 11.6 Å². The van der Waals surface area contributed by atoms with Gasteiger partial charge in [0.25, 0.3) is 11.6 Å². The van der Waals surface area contributed by atoms with Gasteiger partial charge in [0.05, 0.1) is 17.7 Å². The minimum absolute atomic E-state index is 0.0537. The van der Waals surface area contributed by atoms with Crippen molar-refractivity contribution in [3.8, 4) is 0 Å². The zero-order chi connectivity index (χ0) is 13.9. The van der Waals surface area contributed by atoms with Gasteiger partial charge in [0.1, 0.15) is 5.69 Å². The van der Waals surface area contributed by atoms with Gasteiger partial charge < -0.3 is 15.4 Å². The SMILES string of the molecule is O=C(NCC1(CO)CCCC1)c1cc([N+](=O)[O-])c[nH]1. The molecule has 2 rings (SSSR count). The van der Waals surface area contributed by atoms with Crippen molar-refractivity contribution in [1.82, 2.24) is 10.3 Å². The first kappa shape index (κ1) is 13.5. The Kier molecular flexibility index (Phi) is 3.84. The summed E-state index contributed by atoms with van der Waals surface area (Å²) in [6.07, 6.45) is 5.10. The normalized spacial score (nSPS) is 17.3. The van der Waals surface area contributed by atoms with Crippen LogP contribution in [0.25, 0.3) is 0 Å². The zero-order valence-electron chi connectivity index (χ0n) is 10.5. The van der Waals surface area contributed by atoms with E-state index in [1.807, 2.05) is 0 Å². The Morgan fingerprint density at radius 2 is 2.21 bits per heavy atom. The maximum absolute atomic E-state index is 11.8. The summed E-state index contributed by atoms with van der Waals surface area (Å²) in [6, 6.07) is 1.20. The number of rotatable bonds is 5. The molecule has 1 aromatic heterocycles. The van der Waals surface area contributed by atoms with Crippen LogP contribution in [0, 0.1) is 15.5 Å². The molecular formula is C12H17N3O4. The third kappa shape index (κ3) is 2.93. The van der Waals surface area contributed by atoms with E-state index in [2.05, 4.69) is 10.3 Å². The summed E-state index contributed by atoms with van der Waals surface area (Å²) in [5.41, 5.74) is -0.200. The Labute approximate surface area is 110 Å². The van der Waals surface area contributed by atoms with Crippen LogP contribution in [-0.2, 0) is 0 Å². The molecule has 0 radical (unpaired) electrons. The lowest BCUT2D eigenvalue weighted by atomic mass is 9.87. The molecule has 1 saturated carbocycles. The van der Waals surface area contributed by atoms with Crippen molar-refractivity contribution in [3.05, 3.63) is 28.1 Å². The van der Waals surface area contributed by atoms with Gasteiger partial charge in [-0.1, -0.05) is 12.8 Å². The predicted octanol–water partition coefficient (Wildman–Crippen LogP) is 1.21. The molecule has 1 aromatic rings. The van der Waals surface area contributed by atoms with Crippen molar-refractivity contribution in [3.63, 3.8) is 0 Å². The van der Waals surface area contributed by atoms with E-state index in [1.54, 1.807) is 0 Å². The summed E-state index contributed by atoms with van der Waals surface area (Å²) in [7, 11) is 0. The molecule has 7 heteroatoms. The quantitative estimate of drug-likeness (QED) is 0.550. The van der Waals surface area contributed by atoms with Crippen molar-refractivity contribution in [2.24, 2.45) is 5.41 Å². The van der Waals surface area contributed by atoms with E-state index in [0.29, 0.717) is 6.54 Å². The molecule has 1 amide bonds. The van der Waals surface area contributed by atoms with E-state index in [0.717, 1.165) is 25.7 Å². The van der Waals surface area contributed by atoms with Crippen LogP contribution >= 0.6 is 0 Å². The van der Waals surface area contributed by atoms with Gasteiger partial charge in [-0.25, -0.2) is 0 Å². The molecule has 0 saturated heterocycles. The maximum atomic E-state index is 11.8.